The highest BCUT2D eigenvalue weighted by Gasteiger charge is 2.09. The second-order valence-electron chi connectivity index (χ2n) is 7.82. The first-order valence-corrected chi connectivity index (χ1v) is 10.9. The molecule has 0 aromatic heterocycles. The summed E-state index contributed by atoms with van der Waals surface area (Å²) in [6.45, 7) is 0. The SMILES string of the molecule is O=C(CCCC(=O)NN=C1CCCCCCC1)NN=C1CCCCCCC1. The van der Waals surface area contributed by atoms with Gasteiger partial charge in [-0.2, -0.15) is 10.2 Å². The standard InChI is InChI=1S/C21H36N4O2/c26-20(24-22-18-12-7-3-1-4-8-13-18)16-11-17-21(27)25-23-19-14-9-5-2-6-10-15-19/h1-17H2,(H,24,26)(H,25,27). The molecule has 6 nitrogen and oxygen atoms in total. The Morgan fingerprint density at radius 2 is 0.926 bits per heavy atom. The summed E-state index contributed by atoms with van der Waals surface area (Å²) in [4.78, 5) is 23.8. The van der Waals surface area contributed by atoms with Crippen LogP contribution < -0.4 is 10.9 Å². The Morgan fingerprint density at radius 1 is 0.593 bits per heavy atom. The number of nitrogens with zero attached hydrogens (tertiary/aromatic N) is 2. The van der Waals surface area contributed by atoms with Gasteiger partial charge in [0.1, 0.15) is 0 Å². The predicted molar refractivity (Wildman–Crippen MR) is 110 cm³/mol. The second kappa shape index (κ2) is 13.4. The molecule has 152 valence electrons. The molecule has 0 heterocycles. The highest BCUT2D eigenvalue weighted by atomic mass is 16.2. The number of hydrogen-bond donors (Lipinski definition) is 2. The maximum atomic E-state index is 11.9. The predicted octanol–water partition coefficient (Wildman–Crippen LogP) is 4.59. The van der Waals surface area contributed by atoms with E-state index >= 15 is 0 Å². The molecule has 2 fully saturated rings. The van der Waals surface area contributed by atoms with Crippen LogP contribution in [0.5, 0.6) is 0 Å². The Balaban J connectivity index is 1.60. The van der Waals surface area contributed by atoms with E-state index in [2.05, 4.69) is 21.1 Å². The van der Waals surface area contributed by atoms with E-state index in [0.717, 1.165) is 62.8 Å². The van der Waals surface area contributed by atoms with Crippen molar-refractivity contribution in [2.75, 3.05) is 0 Å². The monoisotopic (exact) mass is 376 g/mol. The van der Waals surface area contributed by atoms with Crippen molar-refractivity contribution in [2.24, 2.45) is 10.2 Å². The summed E-state index contributed by atoms with van der Waals surface area (Å²) < 4.78 is 0. The van der Waals surface area contributed by atoms with Crippen LogP contribution in [0.1, 0.15) is 109 Å². The van der Waals surface area contributed by atoms with Crippen molar-refractivity contribution < 1.29 is 9.59 Å². The minimum atomic E-state index is -0.108. The van der Waals surface area contributed by atoms with E-state index < -0.39 is 0 Å². The van der Waals surface area contributed by atoms with Crippen LogP contribution >= 0.6 is 0 Å². The van der Waals surface area contributed by atoms with E-state index in [4.69, 9.17) is 0 Å². The molecule has 0 aromatic rings. The summed E-state index contributed by atoms with van der Waals surface area (Å²) in [6, 6.07) is 0. The number of carbonyl (C=O) groups excluding carboxylic acids is 2. The summed E-state index contributed by atoms with van der Waals surface area (Å²) >= 11 is 0. The lowest BCUT2D eigenvalue weighted by Crippen LogP contribution is -2.22. The topological polar surface area (TPSA) is 82.9 Å². The molecule has 2 saturated carbocycles. The number of hydrazone groups is 2. The van der Waals surface area contributed by atoms with Crippen LogP contribution in [0, 0.1) is 0 Å². The van der Waals surface area contributed by atoms with E-state index in [9.17, 15) is 9.59 Å². The van der Waals surface area contributed by atoms with Crippen molar-refractivity contribution in [1.82, 2.24) is 10.9 Å². The highest BCUT2D eigenvalue weighted by Crippen LogP contribution is 2.15. The van der Waals surface area contributed by atoms with Gasteiger partial charge in [-0.3, -0.25) is 9.59 Å². The molecule has 0 bridgehead atoms. The molecule has 0 aromatic carbocycles. The summed E-state index contributed by atoms with van der Waals surface area (Å²) in [5.41, 5.74) is 7.54. The average Bonchev–Trinajstić information content (AvgIpc) is 2.60. The first-order valence-electron chi connectivity index (χ1n) is 10.9. The van der Waals surface area contributed by atoms with Gasteiger partial charge in [0.05, 0.1) is 0 Å². The zero-order valence-corrected chi connectivity index (χ0v) is 16.7. The molecule has 6 heteroatoms. The molecule has 27 heavy (non-hydrogen) atoms. The van der Waals surface area contributed by atoms with Crippen molar-refractivity contribution >= 4 is 23.2 Å². The number of hydrogen-bond acceptors (Lipinski definition) is 4. The second-order valence-corrected chi connectivity index (χ2v) is 7.82. The van der Waals surface area contributed by atoms with E-state index in [1.807, 2.05) is 0 Å². The summed E-state index contributed by atoms with van der Waals surface area (Å²) in [5, 5.41) is 8.58. The van der Waals surface area contributed by atoms with Crippen LogP contribution in [0.25, 0.3) is 0 Å². The van der Waals surface area contributed by atoms with Crippen molar-refractivity contribution in [2.45, 2.75) is 109 Å². The normalized spacial score (nSPS) is 19.1. The first-order chi connectivity index (χ1) is 13.2. The van der Waals surface area contributed by atoms with Gasteiger partial charge in [-0.1, -0.05) is 38.5 Å². The number of nitrogens with one attached hydrogen (secondary N) is 2. The van der Waals surface area contributed by atoms with E-state index in [0.29, 0.717) is 19.3 Å². The van der Waals surface area contributed by atoms with Crippen LogP contribution in [0.2, 0.25) is 0 Å². The third-order valence-electron chi connectivity index (χ3n) is 5.35. The van der Waals surface area contributed by atoms with Gasteiger partial charge in [0.15, 0.2) is 0 Å². The zero-order valence-electron chi connectivity index (χ0n) is 16.7. The van der Waals surface area contributed by atoms with Gasteiger partial charge in [-0.25, -0.2) is 10.9 Å². The van der Waals surface area contributed by atoms with E-state index in [1.54, 1.807) is 0 Å². The lowest BCUT2D eigenvalue weighted by Gasteiger charge is -2.11. The number of rotatable bonds is 6. The van der Waals surface area contributed by atoms with Crippen molar-refractivity contribution in [3.8, 4) is 0 Å². The van der Waals surface area contributed by atoms with Crippen molar-refractivity contribution in [3.63, 3.8) is 0 Å². The first kappa shape index (κ1) is 21.6. The van der Waals surface area contributed by atoms with Crippen LogP contribution in [0.4, 0.5) is 0 Å². The quantitative estimate of drug-likeness (QED) is 0.665. The Bertz CT molecular complexity index is 462. The zero-order chi connectivity index (χ0) is 19.2. The highest BCUT2D eigenvalue weighted by molar-refractivity contribution is 5.87. The van der Waals surface area contributed by atoms with Crippen LogP contribution in [-0.4, -0.2) is 23.2 Å². The fraction of sp³-hybridized carbons (Fsp3) is 0.810. The molecular weight excluding hydrogens is 340 g/mol. The molecule has 0 unspecified atom stereocenters. The molecule has 2 N–H and O–H groups in total. The Labute approximate surface area is 163 Å². The summed E-state index contributed by atoms with van der Waals surface area (Å²) in [7, 11) is 0. The molecule has 0 aliphatic heterocycles. The molecular formula is C21H36N4O2. The molecule has 0 radical (unpaired) electrons. The van der Waals surface area contributed by atoms with E-state index in [-0.39, 0.29) is 11.8 Å². The van der Waals surface area contributed by atoms with Gasteiger partial charge in [-0.05, 0) is 57.8 Å². The van der Waals surface area contributed by atoms with Crippen molar-refractivity contribution in [1.29, 1.82) is 0 Å². The van der Waals surface area contributed by atoms with Gasteiger partial charge in [0, 0.05) is 24.3 Å². The minimum Gasteiger partial charge on any atom is -0.273 e. The molecule has 2 amide bonds. The largest absolute Gasteiger partial charge is 0.273 e. The fourth-order valence-electron chi connectivity index (χ4n) is 3.65. The van der Waals surface area contributed by atoms with Gasteiger partial charge in [0.2, 0.25) is 11.8 Å². The summed E-state index contributed by atoms with van der Waals surface area (Å²) in [5.74, 6) is -0.215. The Kier molecular flexibility index (Phi) is 10.7. The maximum absolute atomic E-state index is 11.9. The Hall–Kier alpha value is -1.72. The molecule has 0 saturated heterocycles. The van der Waals surface area contributed by atoms with Gasteiger partial charge in [-0.15, -0.1) is 0 Å². The molecule has 2 aliphatic carbocycles. The van der Waals surface area contributed by atoms with Crippen LogP contribution in [0.3, 0.4) is 0 Å². The van der Waals surface area contributed by atoms with Crippen LogP contribution in [0.15, 0.2) is 10.2 Å². The minimum absolute atomic E-state index is 0.108. The van der Waals surface area contributed by atoms with Gasteiger partial charge < -0.3 is 0 Å². The molecule has 2 rings (SSSR count). The third kappa shape index (κ3) is 10.3. The number of carbonyl (C=O) groups is 2. The van der Waals surface area contributed by atoms with E-state index in [1.165, 1.54) is 38.5 Å². The number of amides is 2. The van der Waals surface area contributed by atoms with Crippen molar-refractivity contribution in [3.05, 3.63) is 0 Å². The lowest BCUT2D eigenvalue weighted by molar-refractivity contribution is -0.122. The maximum Gasteiger partial charge on any atom is 0.240 e. The lowest BCUT2D eigenvalue weighted by atomic mass is 9.99. The third-order valence-corrected chi connectivity index (χ3v) is 5.35. The average molecular weight is 377 g/mol. The Morgan fingerprint density at radius 3 is 1.30 bits per heavy atom. The fourth-order valence-corrected chi connectivity index (χ4v) is 3.65. The van der Waals surface area contributed by atoms with Gasteiger partial charge in [0.25, 0.3) is 0 Å². The molecule has 0 spiro atoms. The molecule has 2 aliphatic rings. The van der Waals surface area contributed by atoms with Crippen LogP contribution in [-0.2, 0) is 9.59 Å². The molecule has 0 atom stereocenters. The smallest absolute Gasteiger partial charge is 0.240 e. The van der Waals surface area contributed by atoms with Gasteiger partial charge >= 0.3 is 0 Å². The summed E-state index contributed by atoms with van der Waals surface area (Å²) in [6.07, 6.45) is 17.4.